The molecule has 2 heterocycles. The van der Waals surface area contributed by atoms with Crippen LogP contribution >= 0.6 is 11.3 Å². The van der Waals surface area contributed by atoms with Crippen molar-refractivity contribution >= 4 is 22.4 Å². The number of anilines is 1. The maximum atomic E-state index is 10.7. The van der Waals surface area contributed by atoms with Crippen LogP contribution in [0.15, 0.2) is 5.38 Å². The SMILES string of the molecule is CCN1CCN(c2nc(C(=O)O)cs2)CC1. The van der Waals surface area contributed by atoms with Crippen molar-refractivity contribution in [1.82, 2.24) is 9.88 Å². The van der Waals surface area contributed by atoms with E-state index in [2.05, 4.69) is 21.7 Å². The molecule has 0 amide bonds. The molecule has 1 aliphatic rings. The molecule has 1 saturated heterocycles. The van der Waals surface area contributed by atoms with E-state index in [1.54, 1.807) is 5.38 Å². The third-order valence-corrected chi connectivity index (χ3v) is 3.70. The summed E-state index contributed by atoms with van der Waals surface area (Å²) in [4.78, 5) is 19.4. The second kappa shape index (κ2) is 4.80. The predicted molar refractivity (Wildman–Crippen MR) is 63.4 cm³/mol. The fraction of sp³-hybridized carbons (Fsp3) is 0.600. The van der Waals surface area contributed by atoms with Crippen molar-refractivity contribution in [2.45, 2.75) is 6.92 Å². The Hall–Kier alpha value is -1.14. The van der Waals surface area contributed by atoms with Crippen molar-refractivity contribution in [3.05, 3.63) is 11.1 Å². The molecule has 1 aliphatic heterocycles. The number of thiazole rings is 1. The lowest BCUT2D eigenvalue weighted by molar-refractivity contribution is 0.0691. The summed E-state index contributed by atoms with van der Waals surface area (Å²) < 4.78 is 0. The summed E-state index contributed by atoms with van der Waals surface area (Å²) in [7, 11) is 0. The largest absolute Gasteiger partial charge is 0.476 e. The van der Waals surface area contributed by atoms with E-state index in [-0.39, 0.29) is 5.69 Å². The van der Waals surface area contributed by atoms with E-state index in [1.165, 1.54) is 11.3 Å². The van der Waals surface area contributed by atoms with Gasteiger partial charge >= 0.3 is 5.97 Å². The lowest BCUT2D eigenvalue weighted by atomic mass is 10.3. The molecule has 0 aliphatic carbocycles. The van der Waals surface area contributed by atoms with Crippen molar-refractivity contribution in [3.63, 3.8) is 0 Å². The number of carboxylic acids is 1. The van der Waals surface area contributed by atoms with Crippen molar-refractivity contribution in [2.75, 3.05) is 37.6 Å². The number of carboxylic acid groups (broad SMARTS) is 1. The number of carbonyl (C=O) groups is 1. The number of likely N-dealkylation sites (N-methyl/N-ethyl adjacent to an activating group) is 1. The van der Waals surface area contributed by atoms with Gasteiger partial charge in [0.25, 0.3) is 0 Å². The molecular weight excluding hydrogens is 226 g/mol. The van der Waals surface area contributed by atoms with E-state index < -0.39 is 5.97 Å². The van der Waals surface area contributed by atoms with E-state index in [9.17, 15) is 4.79 Å². The van der Waals surface area contributed by atoms with Crippen molar-refractivity contribution in [1.29, 1.82) is 0 Å². The van der Waals surface area contributed by atoms with Gasteiger partial charge in [-0.2, -0.15) is 0 Å². The van der Waals surface area contributed by atoms with Crippen LogP contribution in [0.4, 0.5) is 5.13 Å². The van der Waals surface area contributed by atoms with Crippen LogP contribution in [0.3, 0.4) is 0 Å². The van der Waals surface area contributed by atoms with Crippen LogP contribution in [0, 0.1) is 0 Å². The zero-order chi connectivity index (χ0) is 11.5. The van der Waals surface area contributed by atoms with E-state index in [0.29, 0.717) is 0 Å². The lowest BCUT2D eigenvalue weighted by Crippen LogP contribution is -2.46. The van der Waals surface area contributed by atoms with E-state index >= 15 is 0 Å². The highest BCUT2D eigenvalue weighted by Gasteiger charge is 2.19. The van der Waals surface area contributed by atoms with E-state index in [0.717, 1.165) is 37.9 Å². The van der Waals surface area contributed by atoms with Crippen molar-refractivity contribution in [3.8, 4) is 0 Å². The molecule has 5 nitrogen and oxygen atoms in total. The summed E-state index contributed by atoms with van der Waals surface area (Å²) in [5.74, 6) is -0.949. The van der Waals surface area contributed by atoms with Gasteiger partial charge in [-0.15, -0.1) is 11.3 Å². The summed E-state index contributed by atoms with van der Waals surface area (Å²) in [6.07, 6.45) is 0. The minimum Gasteiger partial charge on any atom is -0.476 e. The van der Waals surface area contributed by atoms with Crippen molar-refractivity contribution in [2.24, 2.45) is 0 Å². The molecule has 0 aromatic carbocycles. The summed E-state index contributed by atoms with van der Waals surface area (Å²) in [5.41, 5.74) is 0.151. The molecule has 88 valence electrons. The first-order valence-electron chi connectivity index (χ1n) is 5.37. The topological polar surface area (TPSA) is 56.7 Å². The van der Waals surface area contributed by atoms with E-state index in [4.69, 9.17) is 5.11 Å². The Morgan fingerprint density at radius 3 is 2.69 bits per heavy atom. The van der Waals surface area contributed by atoms with Crippen LogP contribution in [0.2, 0.25) is 0 Å². The first-order valence-corrected chi connectivity index (χ1v) is 6.24. The smallest absolute Gasteiger partial charge is 0.355 e. The van der Waals surface area contributed by atoms with Gasteiger partial charge in [-0.1, -0.05) is 6.92 Å². The number of piperazine rings is 1. The normalized spacial score (nSPS) is 17.7. The number of rotatable bonds is 3. The van der Waals surface area contributed by atoms with Gasteiger partial charge in [-0.25, -0.2) is 9.78 Å². The molecule has 6 heteroatoms. The number of hydrogen-bond donors (Lipinski definition) is 1. The number of nitrogens with zero attached hydrogens (tertiary/aromatic N) is 3. The highest BCUT2D eigenvalue weighted by molar-refractivity contribution is 7.13. The van der Waals surface area contributed by atoms with Crippen LogP contribution in [0.1, 0.15) is 17.4 Å². The lowest BCUT2D eigenvalue weighted by Gasteiger charge is -2.33. The fourth-order valence-corrected chi connectivity index (χ4v) is 2.62. The molecule has 0 saturated carbocycles. The van der Waals surface area contributed by atoms with Gasteiger partial charge in [0.1, 0.15) is 0 Å². The first-order chi connectivity index (χ1) is 7.70. The molecule has 1 N–H and O–H groups in total. The highest BCUT2D eigenvalue weighted by atomic mass is 32.1. The van der Waals surface area contributed by atoms with Gasteiger partial charge in [0.05, 0.1) is 0 Å². The monoisotopic (exact) mass is 241 g/mol. The molecule has 0 spiro atoms. The summed E-state index contributed by atoms with van der Waals surface area (Å²) in [6.45, 7) is 7.14. The minimum absolute atomic E-state index is 0.151. The third-order valence-electron chi connectivity index (χ3n) is 2.80. The van der Waals surface area contributed by atoms with Crippen LogP contribution in [0.25, 0.3) is 0 Å². The molecule has 0 radical (unpaired) electrons. The summed E-state index contributed by atoms with van der Waals surface area (Å²) in [5, 5.41) is 11.2. The quantitative estimate of drug-likeness (QED) is 0.855. The number of aromatic nitrogens is 1. The molecule has 0 bridgehead atoms. The molecule has 16 heavy (non-hydrogen) atoms. The molecule has 0 unspecified atom stereocenters. The first kappa shape index (κ1) is 11.3. The van der Waals surface area contributed by atoms with Crippen molar-refractivity contribution < 1.29 is 9.90 Å². The number of hydrogen-bond acceptors (Lipinski definition) is 5. The Labute approximate surface area is 98.3 Å². The number of aromatic carboxylic acids is 1. The van der Waals surface area contributed by atoms with Gasteiger partial charge in [-0.3, -0.25) is 0 Å². The Morgan fingerprint density at radius 1 is 1.50 bits per heavy atom. The Bertz CT molecular complexity index is 372. The standard InChI is InChI=1S/C10H15N3O2S/c1-2-12-3-5-13(6-4-12)10-11-8(7-16-10)9(14)15/h7H,2-6H2,1H3,(H,14,15). The average Bonchev–Trinajstić information content (AvgIpc) is 2.78. The maximum Gasteiger partial charge on any atom is 0.355 e. The summed E-state index contributed by atoms with van der Waals surface area (Å²) in [6, 6.07) is 0. The summed E-state index contributed by atoms with van der Waals surface area (Å²) >= 11 is 1.41. The Morgan fingerprint density at radius 2 is 2.19 bits per heavy atom. The molecule has 0 atom stereocenters. The van der Waals surface area contributed by atoms with Gasteiger partial charge in [0.15, 0.2) is 10.8 Å². The second-order valence-electron chi connectivity index (χ2n) is 3.74. The molecule has 1 fully saturated rings. The zero-order valence-corrected chi connectivity index (χ0v) is 10.0. The predicted octanol–water partition coefficient (Wildman–Crippen LogP) is 0.983. The van der Waals surface area contributed by atoms with Crippen LogP contribution < -0.4 is 4.90 Å². The molecule has 1 aromatic heterocycles. The van der Waals surface area contributed by atoms with Gasteiger partial charge < -0.3 is 14.9 Å². The maximum absolute atomic E-state index is 10.7. The van der Waals surface area contributed by atoms with E-state index in [1.807, 2.05) is 0 Å². The van der Waals surface area contributed by atoms with Gasteiger partial charge in [0, 0.05) is 31.6 Å². The Kier molecular flexibility index (Phi) is 3.40. The molecule has 1 aromatic rings. The van der Waals surface area contributed by atoms with Gasteiger partial charge in [-0.05, 0) is 6.54 Å². The third kappa shape index (κ3) is 2.33. The minimum atomic E-state index is -0.949. The zero-order valence-electron chi connectivity index (χ0n) is 9.22. The molecular formula is C10H15N3O2S. The highest BCUT2D eigenvalue weighted by Crippen LogP contribution is 2.21. The molecule has 2 rings (SSSR count). The van der Waals surface area contributed by atoms with Crippen LogP contribution in [-0.4, -0.2) is 53.7 Å². The second-order valence-corrected chi connectivity index (χ2v) is 4.58. The van der Waals surface area contributed by atoms with Crippen LogP contribution in [-0.2, 0) is 0 Å². The Balaban J connectivity index is 2.00. The average molecular weight is 241 g/mol. The fourth-order valence-electron chi connectivity index (χ4n) is 1.76. The van der Waals surface area contributed by atoms with Gasteiger partial charge in [0.2, 0.25) is 0 Å². The van der Waals surface area contributed by atoms with Crippen LogP contribution in [0.5, 0.6) is 0 Å².